The molecule has 100 valence electrons. The molecular formula is C13H11BrClFN2O. The van der Waals surface area contributed by atoms with Gasteiger partial charge >= 0.3 is 0 Å². The molecule has 0 bridgehead atoms. The Morgan fingerprint density at radius 3 is 2.68 bits per heavy atom. The van der Waals surface area contributed by atoms with Crippen molar-refractivity contribution in [3.63, 3.8) is 0 Å². The van der Waals surface area contributed by atoms with Crippen molar-refractivity contribution in [3.8, 4) is 11.6 Å². The van der Waals surface area contributed by atoms with E-state index in [-0.39, 0.29) is 5.92 Å². The van der Waals surface area contributed by atoms with E-state index in [9.17, 15) is 4.39 Å². The Morgan fingerprint density at radius 2 is 2.05 bits per heavy atom. The van der Waals surface area contributed by atoms with Crippen LogP contribution in [0.1, 0.15) is 25.3 Å². The lowest BCUT2D eigenvalue weighted by Crippen LogP contribution is -1.99. The second kappa shape index (κ2) is 5.84. The smallest absolute Gasteiger partial charge is 0.227 e. The van der Waals surface area contributed by atoms with E-state index in [1.54, 1.807) is 12.1 Å². The van der Waals surface area contributed by atoms with Crippen molar-refractivity contribution in [2.24, 2.45) is 0 Å². The number of benzene rings is 1. The maximum Gasteiger partial charge on any atom is 0.227 e. The Hall–Kier alpha value is -1.20. The molecule has 0 amide bonds. The molecule has 0 atom stereocenters. The molecule has 6 heteroatoms. The summed E-state index contributed by atoms with van der Waals surface area (Å²) in [5, 5.41) is 0.345. The Kier molecular flexibility index (Phi) is 4.37. The van der Waals surface area contributed by atoms with E-state index in [1.807, 2.05) is 13.8 Å². The van der Waals surface area contributed by atoms with E-state index in [1.165, 1.54) is 12.4 Å². The van der Waals surface area contributed by atoms with Gasteiger partial charge in [0.2, 0.25) is 5.88 Å². The summed E-state index contributed by atoms with van der Waals surface area (Å²) >= 11 is 9.12. The lowest BCUT2D eigenvalue weighted by atomic mass is 10.1. The summed E-state index contributed by atoms with van der Waals surface area (Å²) in [5.41, 5.74) is 0.701. The van der Waals surface area contributed by atoms with Crippen molar-refractivity contribution in [3.05, 3.63) is 45.5 Å². The van der Waals surface area contributed by atoms with E-state index in [2.05, 4.69) is 25.9 Å². The molecule has 0 aliphatic carbocycles. The summed E-state index contributed by atoms with van der Waals surface area (Å²) < 4.78 is 19.4. The van der Waals surface area contributed by atoms with E-state index in [0.717, 1.165) is 0 Å². The van der Waals surface area contributed by atoms with Gasteiger partial charge in [0, 0.05) is 6.07 Å². The van der Waals surface area contributed by atoms with Gasteiger partial charge < -0.3 is 4.74 Å². The second-order valence-corrected chi connectivity index (χ2v) is 5.43. The van der Waals surface area contributed by atoms with Gasteiger partial charge in [0.25, 0.3) is 0 Å². The molecule has 0 fully saturated rings. The molecule has 1 aromatic heterocycles. The van der Waals surface area contributed by atoms with Gasteiger partial charge in [-0.3, -0.25) is 0 Å². The van der Waals surface area contributed by atoms with Crippen molar-refractivity contribution < 1.29 is 9.13 Å². The third kappa shape index (κ3) is 3.22. The molecule has 0 radical (unpaired) electrons. The van der Waals surface area contributed by atoms with Gasteiger partial charge in [-0.1, -0.05) is 25.4 Å². The van der Waals surface area contributed by atoms with Crippen molar-refractivity contribution in [2.45, 2.75) is 19.8 Å². The number of rotatable bonds is 3. The normalized spacial score (nSPS) is 10.8. The van der Waals surface area contributed by atoms with Crippen LogP contribution in [0, 0.1) is 5.82 Å². The largest absolute Gasteiger partial charge is 0.438 e. The summed E-state index contributed by atoms with van der Waals surface area (Å²) in [7, 11) is 0. The number of nitrogens with zero attached hydrogens (tertiary/aromatic N) is 2. The van der Waals surface area contributed by atoms with E-state index in [0.29, 0.717) is 26.8 Å². The summed E-state index contributed by atoms with van der Waals surface area (Å²) in [6.07, 6.45) is 1.32. The molecule has 0 aliphatic heterocycles. The molecule has 2 rings (SSSR count). The molecule has 0 aliphatic rings. The van der Waals surface area contributed by atoms with Crippen molar-refractivity contribution >= 4 is 27.5 Å². The summed E-state index contributed by atoms with van der Waals surface area (Å²) in [6.45, 7) is 3.92. The highest BCUT2D eigenvalue weighted by molar-refractivity contribution is 9.10. The zero-order chi connectivity index (χ0) is 14.0. The minimum Gasteiger partial charge on any atom is -0.438 e. The van der Waals surface area contributed by atoms with Gasteiger partial charge in [0.05, 0.1) is 10.0 Å². The van der Waals surface area contributed by atoms with Crippen molar-refractivity contribution in [2.75, 3.05) is 0 Å². The van der Waals surface area contributed by atoms with Crippen LogP contribution in [-0.4, -0.2) is 9.97 Å². The van der Waals surface area contributed by atoms with Crippen molar-refractivity contribution in [1.82, 2.24) is 9.97 Å². The zero-order valence-electron chi connectivity index (χ0n) is 10.3. The van der Waals surface area contributed by atoms with Gasteiger partial charge in [0.1, 0.15) is 23.0 Å². The fraction of sp³-hybridized carbons (Fsp3) is 0.231. The molecule has 3 nitrogen and oxygen atoms in total. The first-order valence-corrected chi connectivity index (χ1v) is 6.79. The molecule has 0 unspecified atom stereocenters. The fourth-order valence-electron chi connectivity index (χ4n) is 1.58. The minimum absolute atomic E-state index is 0.101. The van der Waals surface area contributed by atoms with Gasteiger partial charge in [-0.15, -0.1) is 0 Å². The predicted molar refractivity (Wildman–Crippen MR) is 75.3 cm³/mol. The van der Waals surface area contributed by atoms with Crippen LogP contribution in [0.3, 0.4) is 0 Å². The second-order valence-electron chi connectivity index (χ2n) is 4.22. The van der Waals surface area contributed by atoms with Crippen LogP contribution < -0.4 is 4.74 Å². The van der Waals surface area contributed by atoms with Gasteiger partial charge in [0.15, 0.2) is 0 Å². The standard InChI is InChI=1S/C13H11BrClFN2O/c1-7(2)11-12(15)17-6-18-13(11)19-8-3-4-9(14)10(16)5-8/h3-7H,1-2H3. The van der Waals surface area contributed by atoms with Crippen LogP contribution in [0.15, 0.2) is 29.0 Å². The highest BCUT2D eigenvalue weighted by atomic mass is 79.9. The van der Waals surface area contributed by atoms with Gasteiger partial charge in [-0.25, -0.2) is 14.4 Å². The average molecular weight is 346 g/mol. The Labute approximate surface area is 123 Å². The molecule has 2 aromatic rings. The van der Waals surface area contributed by atoms with Crippen LogP contribution in [0.5, 0.6) is 11.6 Å². The van der Waals surface area contributed by atoms with E-state index < -0.39 is 5.82 Å². The highest BCUT2D eigenvalue weighted by Crippen LogP contribution is 2.33. The fourth-order valence-corrected chi connectivity index (χ4v) is 2.17. The molecule has 1 heterocycles. The number of hydrogen-bond donors (Lipinski definition) is 0. The Balaban J connectivity index is 2.38. The maximum absolute atomic E-state index is 13.4. The predicted octanol–water partition coefficient (Wildman–Crippen LogP) is 4.95. The summed E-state index contributed by atoms with van der Waals surface area (Å²) in [6, 6.07) is 4.50. The van der Waals surface area contributed by atoms with Crippen LogP contribution in [0.2, 0.25) is 5.15 Å². The minimum atomic E-state index is -0.399. The first-order valence-electron chi connectivity index (χ1n) is 5.62. The lowest BCUT2D eigenvalue weighted by molar-refractivity contribution is 0.446. The zero-order valence-corrected chi connectivity index (χ0v) is 12.7. The molecule has 1 aromatic carbocycles. The number of aromatic nitrogens is 2. The molecular weight excluding hydrogens is 335 g/mol. The summed E-state index contributed by atoms with van der Waals surface area (Å²) in [5.74, 6) is 0.404. The van der Waals surface area contributed by atoms with Crippen LogP contribution in [0.25, 0.3) is 0 Å². The Morgan fingerprint density at radius 1 is 1.32 bits per heavy atom. The van der Waals surface area contributed by atoms with E-state index in [4.69, 9.17) is 16.3 Å². The number of hydrogen-bond acceptors (Lipinski definition) is 3. The molecule has 0 saturated carbocycles. The summed E-state index contributed by atoms with van der Waals surface area (Å²) in [4.78, 5) is 7.98. The van der Waals surface area contributed by atoms with Crippen LogP contribution in [-0.2, 0) is 0 Å². The SMILES string of the molecule is CC(C)c1c(Cl)ncnc1Oc1ccc(Br)c(F)c1. The average Bonchev–Trinajstić information content (AvgIpc) is 2.33. The Bertz CT molecular complexity index is 607. The topological polar surface area (TPSA) is 35.0 Å². The maximum atomic E-state index is 13.4. The van der Waals surface area contributed by atoms with Crippen LogP contribution >= 0.6 is 27.5 Å². The van der Waals surface area contributed by atoms with Gasteiger partial charge in [-0.05, 0) is 34.0 Å². The monoisotopic (exact) mass is 344 g/mol. The third-order valence-corrected chi connectivity index (χ3v) is 3.43. The first-order chi connectivity index (χ1) is 8.99. The molecule has 0 saturated heterocycles. The van der Waals surface area contributed by atoms with E-state index >= 15 is 0 Å². The number of ether oxygens (including phenoxy) is 1. The first kappa shape index (κ1) is 14.2. The number of halogens is 3. The highest BCUT2D eigenvalue weighted by Gasteiger charge is 2.16. The van der Waals surface area contributed by atoms with Gasteiger partial charge in [-0.2, -0.15) is 0 Å². The van der Waals surface area contributed by atoms with Crippen LogP contribution in [0.4, 0.5) is 4.39 Å². The third-order valence-electron chi connectivity index (χ3n) is 2.48. The van der Waals surface area contributed by atoms with Crippen molar-refractivity contribution in [1.29, 1.82) is 0 Å². The molecule has 0 N–H and O–H groups in total. The molecule has 0 spiro atoms. The molecule has 19 heavy (non-hydrogen) atoms. The lowest BCUT2D eigenvalue weighted by Gasteiger charge is -2.13. The quantitative estimate of drug-likeness (QED) is 0.738.